The van der Waals surface area contributed by atoms with Gasteiger partial charge in [0, 0.05) is 5.56 Å². The fourth-order valence-corrected chi connectivity index (χ4v) is 1.65. The van der Waals surface area contributed by atoms with Crippen LogP contribution in [0.5, 0.6) is 0 Å². The molecule has 0 fully saturated rings. The molecule has 0 aromatic heterocycles. The Bertz CT molecular complexity index is 298. The third kappa shape index (κ3) is 4.61. The van der Waals surface area contributed by atoms with Crippen molar-refractivity contribution in [1.82, 2.24) is 0 Å². The van der Waals surface area contributed by atoms with Crippen molar-refractivity contribution in [3.63, 3.8) is 0 Å². The highest BCUT2D eigenvalue weighted by atomic mass is 16.1. The summed E-state index contributed by atoms with van der Waals surface area (Å²) in [5.74, 6) is 0.737. The molecule has 0 heterocycles. The summed E-state index contributed by atoms with van der Waals surface area (Å²) in [5, 5.41) is 0. The summed E-state index contributed by atoms with van der Waals surface area (Å²) >= 11 is 0. The maximum atomic E-state index is 11.1. The van der Waals surface area contributed by atoms with Crippen LogP contribution in [-0.2, 0) is 0 Å². The zero-order chi connectivity index (χ0) is 12.6. The van der Waals surface area contributed by atoms with E-state index in [2.05, 4.69) is 26.0 Å². The molecule has 0 saturated carbocycles. The molecule has 0 aliphatic carbocycles. The predicted octanol–water partition coefficient (Wildman–Crippen LogP) is 4.82. The normalized spacial score (nSPS) is 11.3. The van der Waals surface area contributed by atoms with Crippen LogP contribution in [0.25, 0.3) is 0 Å². The molecule has 0 N–H and O–H groups in total. The number of carbonyl (C=O) groups excluding carboxylic acids is 1. The SMILES string of the molecule is CC.CCCC(C)c1ccc(C(C)=O)cc1. The lowest BCUT2D eigenvalue weighted by Gasteiger charge is -2.10. The molecule has 16 heavy (non-hydrogen) atoms. The van der Waals surface area contributed by atoms with Crippen molar-refractivity contribution in [3.05, 3.63) is 35.4 Å². The van der Waals surface area contributed by atoms with Crippen LogP contribution in [0.2, 0.25) is 0 Å². The van der Waals surface area contributed by atoms with Gasteiger partial charge in [-0.3, -0.25) is 4.79 Å². The molecular weight excluding hydrogens is 196 g/mol. The number of rotatable bonds is 4. The number of carbonyl (C=O) groups is 1. The highest BCUT2D eigenvalue weighted by Gasteiger charge is 2.04. The minimum Gasteiger partial charge on any atom is -0.295 e. The second-order valence-electron chi connectivity index (χ2n) is 3.87. The maximum Gasteiger partial charge on any atom is 0.159 e. The zero-order valence-electron chi connectivity index (χ0n) is 11.2. The van der Waals surface area contributed by atoms with Gasteiger partial charge in [0.25, 0.3) is 0 Å². The van der Waals surface area contributed by atoms with Crippen LogP contribution in [0.4, 0.5) is 0 Å². The Morgan fingerprint density at radius 2 is 1.69 bits per heavy atom. The molecule has 90 valence electrons. The lowest BCUT2D eigenvalue weighted by Crippen LogP contribution is -1.95. The van der Waals surface area contributed by atoms with Crippen molar-refractivity contribution in [1.29, 1.82) is 0 Å². The first-order chi connectivity index (χ1) is 7.65. The summed E-state index contributed by atoms with van der Waals surface area (Å²) in [6.07, 6.45) is 2.41. The minimum atomic E-state index is 0.139. The molecule has 1 atom stereocenters. The number of benzene rings is 1. The van der Waals surface area contributed by atoms with Gasteiger partial charge in [0.05, 0.1) is 0 Å². The molecule has 0 spiro atoms. The Labute approximate surface area is 99.9 Å². The largest absolute Gasteiger partial charge is 0.295 e. The van der Waals surface area contributed by atoms with Crippen LogP contribution in [0.3, 0.4) is 0 Å². The Morgan fingerprint density at radius 3 is 2.06 bits per heavy atom. The molecule has 0 aliphatic heterocycles. The van der Waals surface area contributed by atoms with E-state index in [9.17, 15) is 4.79 Å². The highest BCUT2D eigenvalue weighted by Crippen LogP contribution is 2.20. The zero-order valence-corrected chi connectivity index (χ0v) is 11.2. The van der Waals surface area contributed by atoms with E-state index in [-0.39, 0.29) is 5.78 Å². The highest BCUT2D eigenvalue weighted by molar-refractivity contribution is 5.94. The first kappa shape index (κ1) is 14.9. The van der Waals surface area contributed by atoms with Crippen LogP contribution in [-0.4, -0.2) is 5.78 Å². The fraction of sp³-hybridized carbons (Fsp3) is 0.533. The molecule has 1 aromatic carbocycles. The lowest BCUT2D eigenvalue weighted by atomic mass is 9.95. The van der Waals surface area contributed by atoms with Gasteiger partial charge >= 0.3 is 0 Å². The molecule has 0 saturated heterocycles. The van der Waals surface area contributed by atoms with Gasteiger partial charge in [-0.15, -0.1) is 0 Å². The van der Waals surface area contributed by atoms with Gasteiger partial charge in [-0.25, -0.2) is 0 Å². The summed E-state index contributed by atoms with van der Waals surface area (Å²) in [6.45, 7) is 10.0. The molecule has 1 heteroatoms. The van der Waals surface area contributed by atoms with Crippen LogP contribution in [0, 0.1) is 0 Å². The topological polar surface area (TPSA) is 17.1 Å². The van der Waals surface area contributed by atoms with E-state index >= 15 is 0 Å². The second-order valence-corrected chi connectivity index (χ2v) is 3.87. The molecular formula is C15H24O. The lowest BCUT2D eigenvalue weighted by molar-refractivity contribution is 0.101. The van der Waals surface area contributed by atoms with Gasteiger partial charge in [0.15, 0.2) is 5.78 Å². The quantitative estimate of drug-likeness (QED) is 0.665. The minimum absolute atomic E-state index is 0.139. The first-order valence-corrected chi connectivity index (χ1v) is 6.26. The van der Waals surface area contributed by atoms with E-state index in [1.807, 2.05) is 26.0 Å². The van der Waals surface area contributed by atoms with Gasteiger partial charge in [-0.2, -0.15) is 0 Å². The molecule has 1 aromatic rings. The molecule has 1 unspecified atom stereocenters. The van der Waals surface area contributed by atoms with E-state index in [1.165, 1.54) is 18.4 Å². The van der Waals surface area contributed by atoms with Crippen LogP contribution < -0.4 is 0 Å². The Kier molecular flexibility index (Phi) is 7.53. The predicted molar refractivity (Wildman–Crippen MR) is 71.1 cm³/mol. The smallest absolute Gasteiger partial charge is 0.159 e. The van der Waals surface area contributed by atoms with Gasteiger partial charge in [-0.1, -0.05) is 58.4 Å². The van der Waals surface area contributed by atoms with Crippen molar-refractivity contribution < 1.29 is 4.79 Å². The van der Waals surface area contributed by atoms with Crippen molar-refractivity contribution in [2.75, 3.05) is 0 Å². The average molecular weight is 220 g/mol. The Morgan fingerprint density at radius 1 is 1.19 bits per heavy atom. The Balaban J connectivity index is 0.00000106. The molecule has 0 radical (unpaired) electrons. The summed E-state index contributed by atoms with van der Waals surface area (Å²) < 4.78 is 0. The van der Waals surface area contributed by atoms with Crippen molar-refractivity contribution in [2.45, 2.75) is 53.4 Å². The standard InChI is InChI=1S/C13H18O.C2H6/c1-4-5-10(2)12-6-8-13(9-7-12)11(3)14;1-2/h6-10H,4-5H2,1-3H3;1-2H3. The molecule has 0 amide bonds. The van der Waals surface area contributed by atoms with Crippen molar-refractivity contribution >= 4 is 5.78 Å². The monoisotopic (exact) mass is 220 g/mol. The summed E-state index contributed by atoms with van der Waals surface area (Å²) in [6, 6.07) is 7.97. The van der Waals surface area contributed by atoms with E-state index < -0.39 is 0 Å². The third-order valence-electron chi connectivity index (χ3n) is 2.61. The average Bonchev–Trinajstić information content (AvgIpc) is 2.32. The first-order valence-electron chi connectivity index (χ1n) is 6.26. The number of Topliss-reactive ketones (excluding diaryl/α,β-unsaturated/α-hetero) is 1. The number of hydrogen-bond donors (Lipinski definition) is 0. The van der Waals surface area contributed by atoms with Crippen LogP contribution >= 0.6 is 0 Å². The fourth-order valence-electron chi connectivity index (χ4n) is 1.65. The van der Waals surface area contributed by atoms with Crippen molar-refractivity contribution in [2.24, 2.45) is 0 Å². The molecule has 0 bridgehead atoms. The summed E-state index contributed by atoms with van der Waals surface area (Å²) in [4.78, 5) is 11.1. The third-order valence-corrected chi connectivity index (χ3v) is 2.61. The van der Waals surface area contributed by atoms with Crippen LogP contribution in [0.15, 0.2) is 24.3 Å². The molecule has 1 rings (SSSR count). The number of hydrogen-bond acceptors (Lipinski definition) is 1. The van der Waals surface area contributed by atoms with Crippen LogP contribution in [0.1, 0.15) is 69.3 Å². The van der Waals surface area contributed by atoms with E-state index in [1.54, 1.807) is 6.92 Å². The molecule has 1 nitrogen and oxygen atoms in total. The summed E-state index contributed by atoms with van der Waals surface area (Å²) in [7, 11) is 0. The van der Waals surface area contributed by atoms with E-state index in [0.29, 0.717) is 5.92 Å². The second kappa shape index (κ2) is 8.09. The van der Waals surface area contributed by atoms with Crippen molar-refractivity contribution in [3.8, 4) is 0 Å². The van der Waals surface area contributed by atoms with Gasteiger partial charge in [-0.05, 0) is 24.8 Å². The van der Waals surface area contributed by atoms with Gasteiger partial charge in [0.1, 0.15) is 0 Å². The van der Waals surface area contributed by atoms with E-state index in [0.717, 1.165) is 5.56 Å². The van der Waals surface area contributed by atoms with E-state index in [4.69, 9.17) is 0 Å². The van der Waals surface area contributed by atoms with Gasteiger partial charge in [0.2, 0.25) is 0 Å². The number of ketones is 1. The Hall–Kier alpha value is -1.11. The molecule has 0 aliphatic rings. The summed E-state index contributed by atoms with van der Waals surface area (Å²) in [5.41, 5.74) is 2.13. The maximum absolute atomic E-state index is 11.1. The van der Waals surface area contributed by atoms with Gasteiger partial charge < -0.3 is 0 Å².